The van der Waals surface area contributed by atoms with Gasteiger partial charge in [0.05, 0.1) is 12.2 Å². The molecule has 0 aromatic heterocycles. The van der Waals surface area contributed by atoms with Gasteiger partial charge in [0, 0.05) is 24.4 Å². The summed E-state index contributed by atoms with van der Waals surface area (Å²) in [6.45, 7) is 8.16. The van der Waals surface area contributed by atoms with Crippen molar-refractivity contribution in [2.24, 2.45) is 16.8 Å². The lowest BCUT2D eigenvalue weighted by Gasteiger charge is -2.32. The molecule has 1 N–H and O–H groups in total. The van der Waals surface area contributed by atoms with Crippen LogP contribution in [0.15, 0.2) is 16.3 Å². The molecule has 0 aromatic carbocycles. The number of aliphatic imine (C=N–C) groups is 1. The number of carbonyl (C=O) groups excluding carboxylic acids is 2. The van der Waals surface area contributed by atoms with Crippen LogP contribution < -0.4 is 0 Å². The zero-order valence-corrected chi connectivity index (χ0v) is 16.8. The molecule has 6 heteroatoms. The molecule has 1 aliphatic rings. The van der Waals surface area contributed by atoms with E-state index in [0.717, 1.165) is 12.2 Å². The average Bonchev–Trinajstić information content (AvgIpc) is 2.54. The van der Waals surface area contributed by atoms with Gasteiger partial charge in [0.2, 0.25) is 0 Å². The van der Waals surface area contributed by atoms with Crippen LogP contribution in [0.1, 0.15) is 53.4 Å². The van der Waals surface area contributed by atoms with Crippen molar-refractivity contribution < 1.29 is 19.4 Å². The molecule has 0 spiro atoms. The van der Waals surface area contributed by atoms with Crippen LogP contribution in [0.2, 0.25) is 0 Å². The smallest absolute Gasteiger partial charge is 0.316 e. The molecule has 0 bridgehead atoms. The van der Waals surface area contributed by atoms with Crippen LogP contribution in [0.25, 0.3) is 0 Å². The average molecular weight is 370 g/mol. The number of aliphatic hydroxyl groups excluding tert-OH is 1. The molecule has 0 fully saturated rings. The molecule has 0 aromatic rings. The monoisotopic (exact) mass is 369 g/mol. The van der Waals surface area contributed by atoms with Gasteiger partial charge in [-0.1, -0.05) is 27.2 Å². The first-order chi connectivity index (χ1) is 11.9. The summed E-state index contributed by atoms with van der Waals surface area (Å²) >= 11 is 1.79. The highest BCUT2D eigenvalue weighted by Crippen LogP contribution is 2.38. The second-order valence-electron chi connectivity index (χ2n) is 6.30. The van der Waals surface area contributed by atoms with Crippen molar-refractivity contribution >= 4 is 29.2 Å². The number of rotatable bonds is 9. The fraction of sp³-hybridized carbons (Fsp3) is 0.737. The molecule has 25 heavy (non-hydrogen) atoms. The van der Waals surface area contributed by atoms with E-state index >= 15 is 0 Å². The SMILES string of the molecule is CCCC(=NC)C1=C(O)[C@H](C(=O)OCC)[C@@H](C[C@H](C)SCC)CC1=O. The zero-order valence-electron chi connectivity index (χ0n) is 16.0. The Hall–Kier alpha value is -1.30. The zero-order chi connectivity index (χ0) is 19.0. The molecular formula is C19H31NO4S. The van der Waals surface area contributed by atoms with Gasteiger partial charge >= 0.3 is 5.97 Å². The highest BCUT2D eigenvalue weighted by atomic mass is 32.2. The molecule has 3 atom stereocenters. The van der Waals surface area contributed by atoms with Crippen molar-refractivity contribution in [1.29, 1.82) is 0 Å². The Labute approximate surface area is 155 Å². The van der Waals surface area contributed by atoms with Crippen LogP contribution in [-0.4, -0.2) is 47.2 Å². The minimum absolute atomic E-state index is 0.120. The molecular weight excluding hydrogens is 338 g/mol. The molecule has 0 amide bonds. The summed E-state index contributed by atoms with van der Waals surface area (Å²) in [7, 11) is 1.62. The molecule has 0 heterocycles. The number of esters is 1. The second-order valence-corrected chi connectivity index (χ2v) is 8.01. The Balaban J connectivity index is 3.26. The topological polar surface area (TPSA) is 76.0 Å². The van der Waals surface area contributed by atoms with Crippen molar-refractivity contribution in [3.05, 3.63) is 11.3 Å². The van der Waals surface area contributed by atoms with Crippen LogP contribution in [0.4, 0.5) is 0 Å². The number of ketones is 1. The molecule has 5 nitrogen and oxygen atoms in total. The summed E-state index contributed by atoms with van der Waals surface area (Å²) in [6.07, 6.45) is 2.36. The van der Waals surface area contributed by atoms with Gasteiger partial charge in [-0.05, 0) is 31.4 Å². The van der Waals surface area contributed by atoms with E-state index in [4.69, 9.17) is 4.74 Å². The molecule has 0 unspecified atom stereocenters. The van der Waals surface area contributed by atoms with E-state index < -0.39 is 11.9 Å². The second kappa shape index (κ2) is 10.6. The highest BCUT2D eigenvalue weighted by Gasteiger charge is 2.43. The summed E-state index contributed by atoms with van der Waals surface area (Å²) in [4.78, 5) is 29.4. The number of hydrogen-bond acceptors (Lipinski definition) is 6. The van der Waals surface area contributed by atoms with E-state index in [-0.39, 0.29) is 36.1 Å². The summed E-state index contributed by atoms with van der Waals surface area (Å²) in [5, 5.41) is 11.1. The predicted molar refractivity (Wildman–Crippen MR) is 103 cm³/mol. The van der Waals surface area contributed by atoms with Gasteiger partial charge < -0.3 is 9.84 Å². The minimum atomic E-state index is -0.777. The largest absolute Gasteiger partial charge is 0.511 e. The van der Waals surface area contributed by atoms with Crippen LogP contribution >= 0.6 is 11.8 Å². The minimum Gasteiger partial charge on any atom is -0.511 e. The van der Waals surface area contributed by atoms with Crippen molar-refractivity contribution in [3.8, 4) is 0 Å². The van der Waals surface area contributed by atoms with Gasteiger partial charge in [-0.15, -0.1) is 0 Å². The number of aliphatic hydroxyl groups is 1. The normalized spacial score (nSPS) is 22.9. The van der Waals surface area contributed by atoms with E-state index in [9.17, 15) is 14.7 Å². The van der Waals surface area contributed by atoms with Crippen molar-refractivity contribution in [3.63, 3.8) is 0 Å². The summed E-state index contributed by atoms with van der Waals surface area (Å²) in [5.41, 5.74) is 0.809. The lowest BCUT2D eigenvalue weighted by Crippen LogP contribution is -2.38. The van der Waals surface area contributed by atoms with Gasteiger partial charge in [0.15, 0.2) is 5.78 Å². The standard InChI is InChI=1S/C19H31NO4S/c1-6-9-14(20-5)17-15(21)11-13(10-12(4)25-8-3)16(18(17)22)19(23)24-7-2/h12-13,16,22H,6-11H2,1-5H3/t12-,13-,16+/m0/s1. The molecule has 1 aliphatic carbocycles. The number of Topliss-reactive ketones (excluding diaryl/α,β-unsaturated/α-hetero) is 1. The molecule has 142 valence electrons. The third-order valence-electron chi connectivity index (χ3n) is 4.42. The predicted octanol–water partition coefficient (Wildman–Crippen LogP) is 3.97. The molecule has 0 aliphatic heterocycles. The summed E-state index contributed by atoms with van der Waals surface area (Å²) in [5.74, 6) is -0.753. The van der Waals surface area contributed by atoms with Crippen molar-refractivity contribution in [2.45, 2.75) is 58.6 Å². The van der Waals surface area contributed by atoms with Crippen molar-refractivity contribution in [1.82, 2.24) is 0 Å². The van der Waals surface area contributed by atoms with E-state index in [1.54, 1.807) is 25.7 Å². The van der Waals surface area contributed by atoms with Gasteiger partial charge in [0.25, 0.3) is 0 Å². The van der Waals surface area contributed by atoms with E-state index in [1.807, 2.05) is 6.92 Å². The van der Waals surface area contributed by atoms with Gasteiger partial charge in [-0.25, -0.2) is 0 Å². The first kappa shape index (κ1) is 21.7. The van der Waals surface area contributed by atoms with Gasteiger partial charge in [-0.3, -0.25) is 14.6 Å². The lowest BCUT2D eigenvalue weighted by molar-refractivity contribution is -0.150. The van der Waals surface area contributed by atoms with Crippen LogP contribution in [-0.2, 0) is 14.3 Å². The highest BCUT2D eigenvalue weighted by molar-refractivity contribution is 7.99. The van der Waals surface area contributed by atoms with E-state index in [2.05, 4.69) is 18.8 Å². The number of ether oxygens (including phenoxy) is 1. The maximum atomic E-state index is 12.7. The quantitative estimate of drug-likeness (QED) is 0.491. The van der Waals surface area contributed by atoms with Gasteiger partial charge in [-0.2, -0.15) is 11.8 Å². The number of thioether (sulfide) groups is 1. The number of hydrogen-bond donors (Lipinski definition) is 1. The fourth-order valence-electron chi connectivity index (χ4n) is 3.41. The maximum Gasteiger partial charge on any atom is 0.316 e. The van der Waals surface area contributed by atoms with Crippen molar-refractivity contribution in [2.75, 3.05) is 19.4 Å². The van der Waals surface area contributed by atoms with Crippen LogP contribution in [0, 0.1) is 11.8 Å². The third kappa shape index (κ3) is 5.59. The third-order valence-corrected chi connectivity index (χ3v) is 5.52. The summed E-state index contributed by atoms with van der Waals surface area (Å²) < 4.78 is 5.19. The number of carbonyl (C=O) groups is 2. The summed E-state index contributed by atoms with van der Waals surface area (Å²) in [6, 6.07) is 0. The van der Waals surface area contributed by atoms with E-state index in [1.165, 1.54) is 0 Å². The molecule has 0 saturated heterocycles. The first-order valence-corrected chi connectivity index (χ1v) is 10.2. The Morgan fingerprint density at radius 2 is 2.08 bits per heavy atom. The fourth-order valence-corrected chi connectivity index (χ4v) is 4.36. The molecule has 1 rings (SSSR count). The lowest BCUT2D eigenvalue weighted by atomic mass is 9.74. The Morgan fingerprint density at radius 3 is 2.60 bits per heavy atom. The van der Waals surface area contributed by atoms with Gasteiger partial charge in [0.1, 0.15) is 11.7 Å². The number of nitrogens with zero attached hydrogens (tertiary/aromatic N) is 1. The van der Waals surface area contributed by atoms with E-state index in [0.29, 0.717) is 23.8 Å². The van der Waals surface area contributed by atoms with Crippen LogP contribution in [0.3, 0.4) is 0 Å². The number of allylic oxidation sites excluding steroid dienone is 1. The molecule has 0 saturated carbocycles. The Morgan fingerprint density at radius 1 is 1.40 bits per heavy atom. The Bertz CT molecular complexity index is 542. The maximum absolute atomic E-state index is 12.7. The molecule has 0 radical (unpaired) electrons. The Kier molecular flexibility index (Phi) is 9.25. The van der Waals surface area contributed by atoms with Crippen LogP contribution in [0.5, 0.6) is 0 Å². The first-order valence-electron chi connectivity index (χ1n) is 9.11.